The predicted octanol–water partition coefficient (Wildman–Crippen LogP) is 3.93. The first-order chi connectivity index (χ1) is 22.7. The Morgan fingerprint density at radius 3 is 1.81 bits per heavy atom. The lowest BCUT2D eigenvalue weighted by Crippen LogP contribution is -2.43. The number of benzene rings is 3. The van der Waals surface area contributed by atoms with Crippen LogP contribution in [-0.2, 0) is 32.0 Å². The zero-order chi connectivity index (χ0) is 33.0. The summed E-state index contributed by atoms with van der Waals surface area (Å²) in [4.78, 5) is 58.6. The molecule has 2 aliphatic heterocycles. The number of carbonyl (C=O) groups is 4. The van der Waals surface area contributed by atoms with Crippen molar-refractivity contribution in [1.29, 1.82) is 0 Å². The Labute approximate surface area is 271 Å². The van der Waals surface area contributed by atoms with E-state index in [2.05, 4.69) is 0 Å². The molecule has 0 radical (unpaired) electrons. The van der Waals surface area contributed by atoms with Crippen LogP contribution in [0.3, 0.4) is 0 Å². The van der Waals surface area contributed by atoms with Gasteiger partial charge >= 0.3 is 0 Å². The summed E-state index contributed by atoms with van der Waals surface area (Å²) in [7, 11) is 1.45. The molecule has 3 fully saturated rings. The second-order valence-electron chi connectivity index (χ2n) is 12.9. The van der Waals surface area contributed by atoms with Gasteiger partial charge in [0.25, 0.3) is 0 Å². The Balaban J connectivity index is 1.22. The topological polar surface area (TPSA) is 145 Å². The van der Waals surface area contributed by atoms with Crippen LogP contribution in [0.5, 0.6) is 23.0 Å². The molecule has 242 valence electrons. The summed E-state index contributed by atoms with van der Waals surface area (Å²) in [5.74, 6) is -4.65. The summed E-state index contributed by atoms with van der Waals surface area (Å²) in [6.45, 7) is 0.358. The Morgan fingerprint density at radius 1 is 0.681 bits per heavy atom. The Bertz CT molecular complexity index is 1780. The van der Waals surface area contributed by atoms with E-state index in [9.17, 15) is 34.5 Å². The van der Waals surface area contributed by atoms with Crippen LogP contribution in [0.4, 0.5) is 0 Å². The summed E-state index contributed by atoms with van der Waals surface area (Å²) >= 11 is 0. The van der Waals surface area contributed by atoms with Gasteiger partial charge in [0.1, 0.15) is 11.5 Å². The van der Waals surface area contributed by atoms with E-state index in [0.29, 0.717) is 24.8 Å². The third-order valence-electron chi connectivity index (χ3n) is 10.5. The fourth-order valence-electron chi connectivity index (χ4n) is 8.27. The number of ether oxygens (including phenoxy) is 1. The predicted molar refractivity (Wildman–Crippen MR) is 169 cm³/mol. The summed E-state index contributed by atoms with van der Waals surface area (Å²) < 4.78 is 5.40. The second kappa shape index (κ2) is 11.9. The van der Waals surface area contributed by atoms with Crippen LogP contribution in [0.15, 0.2) is 78.4 Å². The number of aromatic hydroxyl groups is 3. The number of methoxy groups -OCH3 is 1. The first-order valence-corrected chi connectivity index (χ1v) is 16.0. The number of hydrogen-bond donors (Lipinski definition) is 3. The van der Waals surface area contributed by atoms with Crippen molar-refractivity contribution in [3.05, 3.63) is 95.1 Å². The number of likely N-dealkylation sites (tertiary alicyclic amines) is 2. The molecule has 1 saturated carbocycles. The summed E-state index contributed by atoms with van der Waals surface area (Å²) in [5.41, 5.74) is 3.01. The van der Waals surface area contributed by atoms with E-state index in [4.69, 9.17) is 4.74 Å². The van der Waals surface area contributed by atoms with Crippen LogP contribution in [-0.4, -0.2) is 68.9 Å². The number of carbonyl (C=O) groups excluding carboxylic acids is 4. The Hall–Kier alpha value is -5.12. The number of amides is 4. The molecular formula is C37H36N2O8. The summed E-state index contributed by atoms with van der Waals surface area (Å²) in [6.07, 6.45) is 3.38. The van der Waals surface area contributed by atoms with Gasteiger partial charge < -0.3 is 20.1 Å². The minimum absolute atomic E-state index is 0.116. The molecular weight excluding hydrogens is 600 g/mol. The maximum Gasteiger partial charge on any atom is 0.234 e. The van der Waals surface area contributed by atoms with Crippen molar-refractivity contribution in [1.82, 2.24) is 9.80 Å². The van der Waals surface area contributed by atoms with Crippen molar-refractivity contribution in [3.63, 3.8) is 0 Å². The number of imide groups is 2. The molecule has 10 heteroatoms. The number of para-hydroxylation sites is 1. The zero-order valence-corrected chi connectivity index (χ0v) is 25.9. The van der Waals surface area contributed by atoms with E-state index < -0.39 is 35.5 Å². The lowest BCUT2D eigenvalue weighted by atomic mass is 9.57. The number of hydrogen-bond acceptors (Lipinski definition) is 8. The average Bonchev–Trinajstić information content (AvgIpc) is 3.46. The first-order valence-electron chi connectivity index (χ1n) is 16.0. The van der Waals surface area contributed by atoms with E-state index in [1.54, 1.807) is 66.7 Å². The Morgan fingerprint density at radius 2 is 1.23 bits per heavy atom. The smallest absolute Gasteiger partial charge is 0.234 e. The van der Waals surface area contributed by atoms with Gasteiger partial charge in [-0.25, -0.2) is 0 Å². The largest absolute Gasteiger partial charge is 0.508 e. The molecule has 2 aliphatic carbocycles. The van der Waals surface area contributed by atoms with Crippen LogP contribution < -0.4 is 4.74 Å². The van der Waals surface area contributed by atoms with Crippen molar-refractivity contribution in [2.75, 3.05) is 20.2 Å². The zero-order valence-electron chi connectivity index (χ0n) is 25.9. The number of rotatable bonds is 8. The fraction of sp³-hybridized carbons (Fsp3) is 0.351. The lowest BCUT2D eigenvalue weighted by Gasteiger charge is -2.44. The molecule has 4 aliphatic rings. The normalized spacial score (nSPS) is 26.6. The van der Waals surface area contributed by atoms with E-state index in [0.717, 1.165) is 16.7 Å². The molecule has 0 spiro atoms. The van der Waals surface area contributed by atoms with E-state index in [1.165, 1.54) is 16.9 Å². The van der Waals surface area contributed by atoms with Gasteiger partial charge in [-0.15, -0.1) is 0 Å². The molecule has 3 N–H and O–H groups in total. The highest BCUT2D eigenvalue weighted by atomic mass is 16.5. The SMILES string of the molecule is COc1cccc([C@H]2C3=CC[C@@H]4C(=O)N(CCc5ccc(O)cc5)C(=O)[C@@H]4[C@@H]3C[C@H]3C(=O)N(CCc4ccc(O)cc4)C(=O)[C@@H]23)c1O. The Kier molecular flexibility index (Phi) is 7.74. The van der Waals surface area contributed by atoms with Crippen molar-refractivity contribution < 1.29 is 39.2 Å². The summed E-state index contributed by atoms with van der Waals surface area (Å²) in [6, 6.07) is 18.4. The molecule has 4 amide bonds. The van der Waals surface area contributed by atoms with E-state index >= 15 is 0 Å². The van der Waals surface area contributed by atoms with Gasteiger partial charge in [0.15, 0.2) is 11.5 Å². The van der Waals surface area contributed by atoms with Gasteiger partial charge in [-0.05, 0) is 73.1 Å². The van der Waals surface area contributed by atoms with Crippen LogP contribution >= 0.6 is 0 Å². The van der Waals surface area contributed by atoms with Crippen LogP contribution in [0, 0.1) is 29.6 Å². The molecule has 3 aromatic carbocycles. The number of phenols is 3. The maximum absolute atomic E-state index is 14.2. The molecule has 0 bridgehead atoms. The second-order valence-corrected chi connectivity index (χ2v) is 12.9. The van der Waals surface area contributed by atoms with Gasteiger partial charge in [-0.3, -0.25) is 29.0 Å². The van der Waals surface area contributed by atoms with Crippen molar-refractivity contribution in [3.8, 4) is 23.0 Å². The number of phenolic OH excluding ortho intramolecular Hbond substituents is 3. The standard InChI is InChI=1S/C37H36N2O8/c1-47-29-4-2-3-25(33(29)42)30-24-13-14-26-31(36(45)38(34(26)43)17-15-20-5-9-22(40)10-6-20)27(24)19-28-32(30)37(46)39(35(28)44)18-16-21-7-11-23(41)12-8-21/h2-13,26-28,30-32,40-42H,14-19H2,1H3/t26-,27+,28+,30+,31-,32+/m0/s1. The summed E-state index contributed by atoms with van der Waals surface area (Å²) in [5, 5.41) is 30.6. The van der Waals surface area contributed by atoms with Gasteiger partial charge in [0.05, 0.1) is 30.8 Å². The molecule has 0 aromatic heterocycles. The van der Waals surface area contributed by atoms with Gasteiger partial charge in [-0.1, -0.05) is 48.0 Å². The minimum Gasteiger partial charge on any atom is -0.508 e. The highest BCUT2D eigenvalue weighted by Gasteiger charge is 2.62. The third-order valence-corrected chi connectivity index (χ3v) is 10.5. The monoisotopic (exact) mass is 636 g/mol. The van der Waals surface area contributed by atoms with Gasteiger partial charge in [0.2, 0.25) is 23.6 Å². The minimum atomic E-state index is -0.780. The van der Waals surface area contributed by atoms with E-state index in [1.807, 2.05) is 6.08 Å². The highest BCUT2D eigenvalue weighted by Crippen LogP contribution is 2.59. The molecule has 3 aromatic rings. The molecule has 2 heterocycles. The molecule has 6 atom stereocenters. The van der Waals surface area contributed by atoms with Gasteiger partial charge in [-0.2, -0.15) is 0 Å². The first kappa shape index (κ1) is 30.5. The van der Waals surface area contributed by atoms with Crippen molar-refractivity contribution in [2.45, 2.75) is 31.6 Å². The lowest BCUT2D eigenvalue weighted by molar-refractivity contribution is -0.142. The molecule has 0 unspecified atom stereocenters. The number of fused-ring (bicyclic) bond motifs is 4. The number of nitrogens with zero attached hydrogens (tertiary/aromatic N) is 2. The van der Waals surface area contributed by atoms with Crippen LogP contribution in [0.25, 0.3) is 0 Å². The van der Waals surface area contributed by atoms with Crippen LogP contribution in [0.2, 0.25) is 0 Å². The van der Waals surface area contributed by atoms with E-state index in [-0.39, 0.29) is 66.1 Å². The van der Waals surface area contributed by atoms with Crippen molar-refractivity contribution >= 4 is 23.6 Å². The average molecular weight is 637 g/mol. The van der Waals surface area contributed by atoms with Crippen LogP contribution in [0.1, 0.15) is 35.4 Å². The molecule has 47 heavy (non-hydrogen) atoms. The highest BCUT2D eigenvalue weighted by molar-refractivity contribution is 6.08. The van der Waals surface area contributed by atoms with Gasteiger partial charge in [0, 0.05) is 24.6 Å². The molecule has 10 nitrogen and oxygen atoms in total. The maximum atomic E-state index is 14.2. The van der Waals surface area contributed by atoms with Crippen molar-refractivity contribution in [2.24, 2.45) is 29.6 Å². The third kappa shape index (κ3) is 5.12. The quantitative estimate of drug-likeness (QED) is 0.249. The number of allylic oxidation sites excluding steroid dienone is 2. The molecule has 7 rings (SSSR count). The fourth-order valence-corrected chi connectivity index (χ4v) is 8.27. The molecule has 2 saturated heterocycles.